The second kappa shape index (κ2) is 6.26. The maximum atomic E-state index is 11.2. The molecule has 0 aliphatic carbocycles. The smallest absolute Gasteiger partial charge is 0.335 e. The Morgan fingerprint density at radius 1 is 1.23 bits per heavy atom. The van der Waals surface area contributed by atoms with E-state index in [2.05, 4.69) is 26.1 Å². The first-order valence-corrected chi connectivity index (χ1v) is 7.09. The average molecular weight is 295 g/mol. The van der Waals surface area contributed by atoms with E-state index >= 15 is 0 Å². The van der Waals surface area contributed by atoms with Gasteiger partial charge in [-0.3, -0.25) is 4.98 Å². The highest BCUT2D eigenvalue weighted by Crippen LogP contribution is 2.14. The highest BCUT2D eigenvalue weighted by Gasteiger charge is 2.19. The maximum absolute atomic E-state index is 11.2. The molecule has 0 bridgehead atoms. The Bertz CT molecular complexity index is 681. The summed E-state index contributed by atoms with van der Waals surface area (Å²) in [5.41, 5.74) is 6.38. The number of pyridine rings is 1. The van der Waals surface area contributed by atoms with Crippen LogP contribution in [-0.2, 0) is 6.54 Å². The first-order valence-electron chi connectivity index (χ1n) is 7.09. The number of amides is 2. The van der Waals surface area contributed by atoms with Crippen LogP contribution in [-0.4, -0.2) is 22.8 Å². The summed E-state index contributed by atoms with van der Waals surface area (Å²) in [5, 5.41) is 10.2. The molecule has 1 aliphatic heterocycles. The van der Waals surface area contributed by atoms with E-state index in [1.54, 1.807) is 6.20 Å². The van der Waals surface area contributed by atoms with Gasteiger partial charge < -0.3 is 10.6 Å². The molecule has 6 nitrogen and oxygen atoms in total. The monoisotopic (exact) mass is 295 g/mol. The molecule has 2 amide bonds. The van der Waals surface area contributed by atoms with Crippen molar-refractivity contribution in [3.63, 3.8) is 0 Å². The lowest BCUT2D eigenvalue weighted by Crippen LogP contribution is -2.48. The molecular weight excluding hydrogens is 278 g/mol. The van der Waals surface area contributed by atoms with Gasteiger partial charge in [0.1, 0.15) is 0 Å². The van der Waals surface area contributed by atoms with Gasteiger partial charge in [-0.2, -0.15) is 5.10 Å². The molecule has 0 fully saturated rings. The Kier molecular flexibility index (Phi) is 4.00. The maximum Gasteiger partial charge on any atom is 0.335 e. The molecule has 1 unspecified atom stereocenters. The third-order valence-corrected chi connectivity index (χ3v) is 3.44. The molecule has 2 heterocycles. The molecule has 1 atom stereocenters. The van der Waals surface area contributed by atoms with Crippen molar-refractivity contribution >= 4 is 17.4 Å². The highest BCUT2D eigenvalue weighted by atomic mass is 16.2. The summed E-state index contributed by atoms with van der Waals surface area (Å²) in [6, 6.07) is 11.5. The van der Waals surface area contributed by atoms with E-state index in [9.17, 15) is 4.79 Å². The molecule has 3 rings (SSSR count). The van der Waals surface area contributed by atoms with E-state index < -0.39 is 0 Å². The number of rotatable bonds is 4. The van der Waals surface area contributed by atoms with Gasteiger partial charge in [0, 0.05) is 30.2 Å². The number of hydrogen-bond donors (Lipinski definition) is 3. The fourth-order valence-corrected chi connectivity index (χ4v) is 2.29. The van der Waals surface area contributed by atoms with Crippen molar-refractivity contribution in [2.45, 2.75) is 19.5 Å². The minimum absolute atomic E-state index is 0.108. The average Bonchev–Trinajstić information content (AvgIpc) is 2.55. The van der Waals surface area contributed by atoms with Crippen LogP contribution in [0.5, 0.6) is 0 Å². The van der Waals surface area contributed by atoms with Crippen molar-refractivity contribution in [3.8, 4) is 0 Å². The fourth-order valence-electron chi connectivity index (χ4n) is 2.29. The Morgan fingerprint density at radius 2 is 2.05 bits per heavy atom. The first kappa shape index (κ1) is 14.1. The van der Waals surface area contributed by atoms with Gasteiger partial charge >= 0.3 is 6.03 Å². The van der Waals surface area contributed by atoms with Crippen LogP contribution in [0.1, 0.15) is 18.1 Å². The predicted octanol–water partition coefficient (Wildman–Crippen LogP) is 2.10. The molecule has 0 saturated carbocycles. The van der Waals surface area contributed by atoms with Gasteiger partial charge in [0.2, 0.25) is 0 Å². The van der Waals surface area contributed by atoms with E-state index in [0.717, 1.165) is 29.1 Å². The Morgan fingerprint density at radius 3 is 2.73 bits per heavy atom. The summed E-state index contributed by atoms with van der Waals surface area (Å²) < 4.78 is 0. The molecule has 6 heteroatoms. The summed E-state index contributed by atoms with van der Waals surface area (Å²) >= 11 is 0. The second-order valence-corrected chi connectivity index (χ2v) is 5.10. The van der Waals surface area contributed by atoms with Crippen molar-refractivity contribution in [2.24, 2.45) is 5.10 Å². The number of hydrogen-bond acceptors (Lipinski definition) is 4. The lowest BCUT2D eigenvalue weighted by atomic mass is 10.0. The van der Waals surface area contributed by atoms with Gasteiger partial charge in [-0.15, -0.1) is 0 Å². The van der Waals surface area contributed by atoms with Crippen molar-refractivity contribution < 1.29 is 4.79 Å². The van der Waals surface area contributed by atoms with Crippen molar-refractivity contribution in [2.75, 3.05) is 5.32 Å². The van der Waals surface area contributed by atoms with Crippen molar-refractivity contribution in [1.82, 2.24) is 15.7 Å². The number of aromatic nitrogens is 1. The van der Waals surface area contributed by atoms with Crippen LogP contribution in [0.3, 0.4) is 0 Å². The van der Waals surface area contributed by atoms with Crippen molar-refractivity contribution in [1.29, 1.82) is 0 Å². The van der Waals surface area contributed by atoms with Gasteiger partial charge in [-0.1, -0.05) is 18.2 Å². The Labute approximate surface area is 128 Å². The van der Waals surface area contributed by atoms with E-state index in [4.69, 9.17) is 0 Å². The third kappa shape index (κ3) is 3.22. The van der Waals surface area contributed by atoms with Crippen LogP contribution < -0.4 is 16.1 Å². The number of nitrogens with one attached hydrogen (secondary N) is 3. The number of carbonyl (C=O) groups excluding carboxylic acids is 1. The molecule has 22 heavy (non-hydrogen) atoms. The van der Waals surface area contributed by atoms with E-state index in [0.29, 0.717) is 0 Å². The number of hydrazone groups is 1. The summed E-state index contributed by atoms with van der Waals surface area (Å²) in [6.07, 6.45) is 3.60. The number of carbonyl (C=O) groups is 1. The zero-order valence-corrected chi connectivity index (χ0v) is 12.2. The van der Waals surface area contributed by atoms with Crippen LogP contribution in [0.15, 0.2) is 53.9 Å². The van der Waals surface area contributed by atoms with Gasteiger partial charge in [0.05, 0.1) is 11.8 Å². The highest BCUT2D eigenvalue weighted by molar-refractivity contribution is 6.07. The van der Waals surface area contributed by atoms with Crippen LogP contribution in [0.4, 0.5) is 10.5 Å². The summed E-state index contributed by atoms with van der Waals surface area (Å²) in [6.45, 7) is 2.63. The third-order valence-electron chi connectivity index (χ3n) is 3.44. The van der Waals surface area contributed by atoms with Crippen LogP contribution in [0, 0.1) is 0 Å². The van der Waals surface area contributed by atoms with Crippen LogP contribution in [0.2, 0.25) is 0 Å². The first-order chi connectivity index (χ1) is 10.7. The van der Waals surface area contributed by atoms with Gasteiger partial charge in [0.25, 0.3) is 0 Å². The van der Waals surface area contributed by atoms with Crippen molar-refractivity contribution in [3.05, 3.63) is 59.9 Å². The zero-order chi connectivity index (χ0) is 15.4. The predicted molar refractivity (Wildman–Crippen MR) is 85.7 cm³/mol. The quantitative estimate of drug-likeness (QED) is 0.808. The van der Waals surface area contributed by atoms with Crippen LogP contribution in [0.25, 0.3) is 0 Å². The lowest BCUT2D eigenvalue weighted by molar-refractivity contribution is 0.239. The van der Waals surface area contributed by atoms with Crippen LogP contribution >= 0.6 is 0 Å². The summed E-state index contributed by atoms with van der Waals surface area (Å²) in [7, 11) is 0. The molecular formula is C16H17N5O. The molecule has 0 saturated heterocycles. The molecule has 0 spiro atoms. The minimum atomic E-state index is -0.272. The van der Waals surface area contributed by atoms with Gasteiger partial charge in [-0.05, 0) is 30.7 Å². The molecule has 0 radical (unpaired) electrons. The number of nitrogens with zero attached hydrogens (tertiary/aromatic N) is 2. The van der Waals surface area contributed by atoms with E-state index in [1.807, 2.05) is 49.5 Å². The molecule has 1 aromatic carbocycles. The molecule has 2 aromatic rings. The molecule has 1 aliphatic rings. The number of benzene rings is 1. The van der Waals surface area contributed by atoms with Gasteiger partial charge in [0.15, 0.2) is 0 Å². The molecule has 112 valence electrons. The van der Waals surface area contributed by atoms with Gasteiger partial charge in [-0.25, -0.2) is 10.2 Å². The summed E-state index contributed by atoms with van der Waals surface area (Å²) in [4.78, 5) is 15.3. The minimum Gasteiger partial charge on any atom is -0.381 e. The zero-order valence-electron chi connectivity index (χ0n) is 12.2. The lowest BCUT2D eigenvalue weighted by Gasteiger charge is -2.21. The Balaban J connectivity index is 1.67. The Hall–Kier alpha value is -2.89. The largest absolute Gasteiger partial charge is 0.381 e. The molecule has 1 aromatic heterocycles. The fraction of sp³-hybridized carbons (Fsp3) is 0.188. The number of urea groups is 1. The molecule has 3 N–H and O–H groups in total. The number of anilines is 1. The summed E-state index contributed by atoms with van der Waals surface area (Å²) in [5.74, 6) is 0. The van der Waals surface area contributed by atoms with E-state index in [1.165, 1.54) is 0 Å². The van der Waals surface area contributed by atoms with E-state index in [-0.39, 0.29) is 12.1 Å². The SMILES string of the molecule is CC1NC(=O)NN=C1c1ccc(NCc2cccnc2)cc1. The topological polar surface area (TPSA) is 78.4 Å². The second-order valence-electron chi connectivity index (χ2n) is 5.10. The normalized spacial score (nSPS) is 17.2. The standard InChI is InChI=1S/C16H17N5O/c1-11-15(20-21-16(22)19-11)13-4-6-14(7-5-13)18-10-12-3-2-8-17-9-12/h2-9,11,18H,10H2,1H3,(H2,19,21,22).